The minimum Gasteiger partial charge on any atom is -0.380 e. The Morgan fingerprint density at radius 2 is 1.78 bits per heavy atom. The standard InChI is InChI=1S/C27H37N3O2/c1-3-24-19-28(14-15-29(24)16-17-32-4-2)21-27(31)30-18-23-12-8-9-13-25(23)26(20-30)22-10-6-5-7-11-22/h5-13,24,26H,3-4,14-21H2,1-2H3. The van der Waals surface area contributed by atoms with Crippen LogP contribution in [0.15, 0.2) is 54.6 Å². The number of ether oxygens (including phenoxy) is 1. The first kappa shape index (κ1) is 23.0. The van der Waals surface area contributed by atoms with Gasteiger partial charge in [0.1, 0.15) is 0 Å². The van der Waals surface area contributed by atoms with Crippen LogP contribution < -0.4 is 0 Å². The summed E-state index contributed by atoms with van der Waals surface area (Å²) in [4.78, 5) is 20.3. The SMILES string of the molecule is CCOCCN1CCN(CC(=O)N2Cc3ccccc3C(c3ccccc3)C2)CC1CC. The molecule has 2 aliphatic heterocycles. The topological polar surface area (TPSA) is 36.0 Å². The molecule has 2 aromatic carbocycles. The maximum absolute atomic E-state index is 13.4. The maximum Gasteiger partial charge on any atom is 0.237 e. The van der Waals surface area contributed by atoms with Gasteiger partial charge in [0, 0.05) is 57.8 Å². The fourth-order valence-electron chi connectivity index (χ4n) is 5.17. The number of carbonyl (C=O) groups excluding carboxylic acids is 1. The molecule has 0 aliphatic carbocycles. The van der Waals surface area contributed by atoms with Crippen molar-refractivity contribution in [2.24, 2.45) is 0 Å². The van der Waals surface area contributed by atoms with Crippen molar-refractivity contribution in [1.29, 1.82) is 0 Å². The van der Waals surface area contributed by atoms with E-state index in [2.05, 4.69) is 76.2 Å². The summed E-state index contributed by atoms with van der Waals surface area (Å²) in [5, 5.41) is 0. The molecule has 0 bridgehead atoms. The van der Waals surface area contributed by atoms with Crippen molar-refractivity contribution in [2.45, 2.75) is 38.8 Å². The third-order valence-corrected chi connectivity index (χ3v) is 7.00. The van der Waals surface area contributed by atoms with Gasteiger partial charge in [-0.1, -0.05) is 61.5 Å². The molecule has 32 heavy (non-hydrogen) atoms. The number of benzene rings is 2. The van der Waals surface area contributed by atoms with Crippen molar-refractivity contribution in [1.82, 2.24) is 14.7 Å². The van der Waals surface area contributed by atoms with E-state index >= 15 is 0 Å². The largest absolute Gasteiger partial charge is 0.380 e. The normalized spacial score (nSPS) is 22.0. The summed E-state index contributed by atoms with van der Waals surface area (Å²) in [7, 11) is 0. The highest BCUT2D eigenvalue weighted by Gasteiger charge is 2.31. The molecule has 1 fully saturated rings. The van der Waals surface area contributed by atoms with Crippen molar-refractivity contribution >= 4 is 5.91 Å². The Kier molecular flexibility index (Phi) is 7.95. The van der Waals surface area contributed by atoms with Gasteiger partial charge in [-0.25, -0.2) is 0 Å². The maximum atomic E-state index is 13.4. The number of nitrogens with zero attached hydrogens (tertiary/aromatic N) is 3. The van der Waals surface area contributed by atoms with Crippen LogP contribution >= 0.6 is 0 Å². The van der Waals surface area contributed by atoms with E-state index < -0.39 is 0 Å². The lowest BCUT2D eigenvalue weighted by molar-refractivity contribution is -0.134. The average molecular weight is 436 g/mol. The minimum atomic E-state index is 0.240. The highest BCUT2D eigenvalue weighted by Crippen LogP contribution is 2.33. The van der Waals surface area contributed by atoms with Gasteiger partial charge >= 0.3 is 0 Å². The van der Waals surface area contributed by atoms with Crippen molar-refractivity contribution in [3.63, 3.8) is 0 Å². The van der Waals surface area contributed by atoms with Crippen LogP contribution in [-0.4, -0.2) is 79.1 Å². The molecule has 2 aromatic rings. The predicted molar refractivity (Wildman–Crippen MR) is 129 cm³/mol. The second kappa shape index (κ2) is 11.1. The molecule has 0 spiro atoms. The number of amides is 1. The van der Waals surface area contributed by atoms with Gasteiger partial charge < -0.3 is 9.64 Å². The van der Waals surface area contributed by atoms with E-state index in [0.717, 1.165) is 52.4 Å². The van der Waals surface area contributed by atoms with Gasteiger partial charge in [0.05, 0.1) is 13.2 Å². The molecule has 2 aliphatic rings. The molecule has 2 heterocycles. The molecule has 0 saturated carbocycles. The van der Waals surface area contributed by atoms with Gasteiger partial charge in [-0.15, -0.1) is 0 Å². The highest BCUT2D eigenvalue weighted by molar-refractivity contribution is 5.79. The summed E-state index contributed by atoms with van der Waals surface area (Å²) in [6.45, 7) is 11.7. The smallest absolute Gasteiger partial charge is 0.237 e. The quantitative estimate of drug-likeness (QED) is 0.594. The van der Waals surface area contributed by atoms with Gasteiger partial charge in [0.25, 0.3) is 0 Å². The average Bonchev–Trinajstić information content (AvgIpc) is 2.84. The van der Waals surface area contributed by atoms with Crippen LogP contribution in [0.25, 0.3) is 0 Å². The molecule has 0 N–H and O–H groups in total. The van der Waals surface area contributed by atoms with Crippen molar-refractivity contribution in [2.75, 3.05) is 52.5 Å². The molecule has 5 heteroatoms. The molecule has 1 saturated heterocycles. The molecule has 0 radical (unpaired) electrons. The highest BCUT2D eigenvalue weighted by atomic mass is 16.5. The van der Waals surface area contributed by atoms with Crippen molar-refractivity contribution < 1.29 is 9.53 Å². The fourth-order valence-corrected chi connectivity index (χ4v) is 5.17. The third-order valence-electron chi connectivity index (χ3n) is 7.00. The van der Waals surface area contributed by atoms with Crippen LogP contribution in [0, 0.1) is 0 Å². The Labute approximate surface area is 193 Å². The van der Waals surface area contributed by atoms with Crippen LogP contribution in [0.2, 0.25) is 0 Å². The van der Waals surface area contributed by atoms with Crippen LogP contribution in [0.5, 0.6) is 0 Å². The summed E-state index contributed by atoms with van der Waals surface area (Å²) >= 11 is 0. The molecule has 2 atom stereocenters. The molecule has 0 aromatic heterocycles. The van der Waals surface area contributed by atoms with Crippen molar-refractivity contribution in [3.8, 4) is 0 Å². The van der Waals surface area contributed by atoms with E-state index in [1.165, 1.54) is 16.7 Å². The first-order valence-electron chi connectivity index (χ1n) is 12.1. The third kappa shape index (κ3) is 5.40. The Hall–Kier alpha value is -2.21. The Morgan fingerprint density at radius 3 is 2.56 bits per heavy atom. The number of hydrogen-bond donors (Lipinski definition) is 0. The zero-order valence-corrected chi connectivity index (χ0v) is 19.6. The van der Waals surface area contributed by atoms with Gasteiger partial charge in [-0.05, 0) is 30.0 Å². The lowest BCUT2D eigenvalue weighted by atomic mass is 9.84. The van der Waals surface area contributed by atoms with E-state index in [9.17, 15) is 4.79 Å². The number of carbonyl (C=O) groups is 1. The van der Waals surface area contributed by atoms with Crippen LogP contribution in [0.4, 0.5) is 0 Å². The van der Waals surface area contributed by atoms with Crippen LogP contribution in [0.1, 0.15) is 42.9 Å². The summed E-state index contributed by atoms with van der Waals surface area (Å²) in [5.41, 5.74) is 3.91. The Morgan fingerprint density at radius 1 is 1.00 bits per heavy atom. The summed E-state index contributed by atoms with van der Waals surface area (Å²) in [5.74, 6) is 0.488. The van der Waals surface area contributed by atoms with Crippen LogP contribution in [0.3, 0.4) is 0 Å². The molecule has 4 rings (SSSR count). The molecule has 5 nitrogen and oxygen atoms in total. The number of rotatable bonds is 8. The Bertz CT molecular complexity index is 872. The second-order valence-corrected chi connectivity index (χ2v) is 8.97. The molecular formula is C27H37N3O2. The second-order valence-electron chi connectivity index (χ2n) is 8.97. The summed E-state index contributed by atoms with van der Waals surface area (Å²) in [6, 6.07) is 19.7. The number of piperazine rings is 1. The predicted octanol–water partition coefficient (Wildman–Crippen LogP) is 3.59. The van der Waals surface area contributed by atoms with Gasteiger partial charge in [0.15, 0.2) is 0 Å². The minimum absolute atomic E-state index is 0.240. The van der Waals surface area contributed by atoms with Gasteiger partial charge in [-0.2, -0.15) is 0 Å². The zero-order chi connectivity index (χ0) is 22.3. The van der Waals surface area contributed by atoms with E-state index in [4.69, 9.17) is 4.74 Å². The van der Waals surface area contributed by atoms with E-state index in [1.807, 2.05) is 6.92 Å². The van der Waals surface area contributed by atoms with E-state index in [0.29, 0.717) is 19.1 Å². The van der Waals surface area contributed by atoms with Crippen molar-refractivity contribution in [3.05, 3.63) is 71.3 Å². The number of hydrogen-bond acceptors (Lipinski definition) is 4. The van der Waals surface area contributed by atoms with Gasteiger partial charge in [-0.3, -0.25) is 14.6 Å². The molecule has 2 unspecified atom stereocenters. The fraction of sp³-hybridized carbons (Fsp3) is 0.519. The monoisotopic (exact) mass is 435 g/mol. The first-order chi connectivity index (χ1) is 15.7. The zero-order valence-electron chi connectivity index (χ0n) is 19.6. The van der Waals surface area contributed by atoms with Gasteiger partial charge in [0.2, 0.25) is 5.91 Å². The van der Waals surface area contributed by atoms with E-state index in [-0.39, 0.29) is 11.8 Å². The summed E-state index contributed by atoms with van der Waals surface area (Å²) < 4.78 is 5.56. The van der Waals surface area contributed by atoms with Crippen LogP contribution in [-0.2, 0) is 16.1 Å². The molecule has 172 valence electrons. The lowest BCUT2D eigenvalue weighted by Crippen LogP contribution is -2.55. The first-order valence-corrected chi connectivity index (χ1v) is 12.1. The molecular weight excluding hydrogens is 398 g/mol. The van der Waals surface area contributed by atoms with E-state index in [1.54, 1.807) is 0 Å². The Balaban J connectivity index is 1.40. The molecule has 1 amide bonds. The summed E-state index contributed by atoms with van der Waals surface area (Å²) in [6.07, 6.45) is 1.10. The lowest BCUT2D eigenvalue weighted by Gasteiger charge is -2.42. The number of fused-ring (bicyclic) bond motifs is 1.